The molecule has 1 aliphatic rings. The highest BCUT2D eigenvalue weighted by molar-refractivity contribution is 8.00. The minimum Gasteiger partial charge on any atom is -0.398 e. The summed E-state index contributed by atoms with van der Waals surface area (Å²) in [6.07, 6.45) is 5.56. The second-order valence-electron chi connectivity index (χ2n) is 5.20. The first-order chi connectivity index (χ1) is 9.81. The van der Waals surface area contributed by atoms with Gasteiger partial charge in [-0.25, -0.2) is 0 Å². The molecule has 0 aliphatic heterocycles. The number of nitrogens with two attached hydrogens (primary N) is 1. The highest BCUT2D eigenvalue weighted by atomic mass is 32.2. The first-order valence-electron chi connectivity index (χ1n) is 7.14. The number of benzene rings is 1. The van der Waals surface area contributed by atoms with Crippen molar-refractivity contribution in [2.24, 2.45) is 0 Å². The van der Waals surface area contributed by atoms with Crippen molar-refractivity contribution in [2.75, 3.05) is 11.1 Å². The molecule has 1 saturated carbocycles. The van der Waals surface area contributed by atoms with Crippen molar-refractivity contribution < 1.29 is 0 Å². The van der Waals surface area contributed by atoms with Crippen LogP contribution in [0.3, 0.4) is 0 Å². The fourth-order valence-electron chi connectivity index (χ4n) is 2.53. The molecule has 20 heavy (non-hydrogen) atoms. The number of hydrogen-bond donors (Lipinski definition) is 2. The SMILES string of the molecule is Nc1ccsc1CNc1ccc(SC2CCCC2)cc1. The largest absolute Gasteiger partial charge is 0.398 e. The Labute approximate surface area is 128 Å². The normalized spacial score (nSPS) is 15.6. The fourth-order valence-corrected chi connectivity index (χ4v) is 4.51. The smallest absolute Gasteiger partial charge is 0.0514 e. The molecule has 0 amide bonds. The molecular weight excluding hydrogens is 284 g/mol. The van der Waals surface area contributed by atoms with Crippen LogP contribution in [0.2, 0.25) is 0 Å². The minimum absolute atomic E-state index is 0.804. The van der Waals surface area contributed by atoms with Crippen LogP contribution in [0.1, 0.15) is 30.6 Å². The Kier molecular flexibility index (Phi) is 4.53. The van der Waals surface area contributed by atoms with Gasteiger partial charge in [-0.1, -0.05) is 12.8 Å². The molecule has 1 aliphatic carbocycles. The molecule has 2 aromatic rings. The zero-order valence-corrected chi connectivity index (χ0v) is 13.1. The van der Waals surface area contributed by atoms with Crippen LogP contribution >= 0.6 is 23.1 Å². The number of thioether (sulfide) groups is 1. The van der Waals surface area contributed by atoms with Gasteiger partial charge in [0.05, 0.1) is 6.54 Å². The maximum Gasteiger partial charge on any atom is 0.0514 e. The highest BCUT2D eigenvalue weighted by Gasteiger charge is 2.15. The second kappa shape index (κ2) is 6.55. The maximum atomic E-state index is 5.89. The van der Waals surface area contributed by atoms with Crippen molar-refractivity contribution in [1.82, 2.24) is 0 Å². The Morgan fingerprint density at radius 1 is 1.15 bits per heavy atom. The van der Waals surface area contributed by atoms with Gasteiger partial charge in [-0.2, -0.15) is 0 Å². The summed E-state index contributed by atoms with van der Waals surface area (Å²) in [4.78, 5) is 2.59. The third-order valence-electron chi connectivity index (χ3n) is 3.69. The minimum atomic E-state index is 0.804. The summed E-state index contributed by atoms with van der Waals surface area (Å²) in [7, 11) is 0. The zero-order valence-electron chi connectivity index (χ0n) is 11.5. The summed E-state index contributed by atoms with van der Waals surface area (Å²) >= 11 is 3.73. The topological polar surface area (TPSA) is 38.0 Å². The molecule has 0 atom stereocenters. The van der Waals surface area contributed by atoms with E-state index in [0.29, 0.717) is 0 Å². The number of nitrogen functional groups attached to an aromatic ring is 1. The lowest BCUT2D eigenvalue weighted by atomic mass is 10.3. The summed E-state index contributed by atoms with van der Waals surface area (Å²) in [6.45, 7) is 0.804. The zero-order chi connectivity index (χ0) is 13.8. The van der Waals surface area contributed by atoms with Crippen LogP contribution in [0.4, 0.5) is 11.4 Å². The van der Waals surface area contributed by atoms with Crippen LogP contribution in [0.15, 0.2) is 40.6 Å². The van der Waals surface area contributed by atoms with E-state index in [2.05, 4.69) is 29.6 Å². The Bertz CT molecular complexity index is 542. The van der Waals surface area contributed by atoms with Gasteiger partial charge in [0.1, 0.15) is 0 Å². The lowest BCUT2D eigenvalue weighted by Crippen LogP contribution is -2.00. The van der Waals surface area contributed by atoms with E-state index in [1.54, 1.807) is 11.3 Å². The van der Waals surface area contributed by atoms with Crippen molar-refractivity contribution in [3.05, 3.63) is 40.6 Å². The first-order valence-corrected chi connectivity index (χ1v) is 8.89. The van der Waals surface area contributed by atoms with Crippen molar-refractivity contribution in [3.8, 4) is 0 Å². The van der Waals surface area contributed by atoms with Crippen LogP contribution < -0.4 is 11.1 Å². The molecule has 1 heterocycles. The van der Waals surface area contributed by atoms with Gasteiger partial charge >= 0.3 is 0 Å². The van der Waals surface area contributed by atoms with E-state index in [0.717, 1.165) is 23.2 Å². The third kappa shape index (κ3) is 3.49. The molecule has 4 heteroatoms. The van der Waals surface area contributed by atoms with E-state index < -0.39 is 0 Å². The first kappa shape index (κ1) is 13.8. The number of hydrogen-bond acceptors (Lipinski definition) is 4. The van der Waals surface area contributed by atoms with Gasteiger partial charge in [-0.15, -0.1) is 23.1 Å². The molecule has 1 aromatic heterocycles. The van der Waals surface area contributed by atoms with E-state index in [1.165, 1.54) is 35.5 Å². The average molecular weight is 304 g/mol. The van der Waals surface area contributed by atoms with E-state index in [4.69, 9.17) is 5.73 Å². The molecule has 0 spiro atoms. The summed E-state index contributed by atoms with van der Waals surface area (Å²) in [5, 5.41) is 6.30. The predicted octanol–water partition coefficient (Wildman–Crippen LogP) is 4.98. The third-order valence-corrected chi connectivity index (χ3v) is 5.98. The van der Waals surface area contributed by atoms with Gasteiger partial charge in [-0.05, 0) is 48.6 Å². The molecule has 0 radical (unpaired) electrons. The van der Waals surface area contributed by atoms with Crippen LogP contribution in [-0.4, -0.2) is 5.25 Å². The number of nitrogens with one attached hydrogen (secondary N) is 1. The van der Waals surface area contributed by atoms with Gasteiger partial charge in [0.25, 0.3) is 0 Å². The van der Waals surface area contributed by atoms with Crippen LogP contribution in [0, 0.1) is 0 Å². The van der Waals surface area contributed by atoms with Crippen LogP contribution in [0.25, 0.3) is 0 Å². The fraction of sp³-hybridized carbons (Fsp3) is 0.375. The summed E-state index contributed by atoms with van der Waals surface area (Å²) in [5.41, 5.74) is 7.93. The lowest BCUT2D eigenvalue weighted by Gasteiger charge is -2.10. The molecule has 1 fully saturated rings. The van der Waals surface area contributed by atoms with Crippen molar-refractivity contribution in [3.63, 3.8) is 0 Å². The molecule has 2 nitrogen and oxygen atoms in total. The van der Waals surface area contributed by atoms with E-state index in [1.807, 2.05) is 23.2 Å². The van der Waals surface area contributed by atoms with Crippen molar-refractivity contribution in [2.45, 2.75) is 42.4 Å². The van der Waals surface area contributed by atoms with Crippen LogP contribution in [0.5, 0.6) is 0 Å². The Balaban J connectivity index is 1.54. The molecule has 0 saturated heterocycles. The molecule has 0 unspecified atom stereocenters. The van der Waals surface area contributed by atoms with Gasteiger partial charge in [-0.3, -0.25) is 0 Å². The highest BCUT2D eigenvalue weighted by Crippen LogP contribution is 2.35. The quantitative estimate of drug-likeness (QED) is 0.818. The van der Waals surface area contributed by atoms with Gasteiger partial charge in [0, 0.05) is 26.4 Å². The van der Waals surface area contributed by atoms with E-state index >= 15 is 0 Å². The standard InChI is InChI=1S/C16H20N2S2/c17-15-9-10-19-16(15)11-18-12-5-7-14(8-6-12)20-13-3-1-2-4-13/h5-10,13,18H,1-4,11,17H2. The van der Waals surface area contributed by atoms with E-state index in [-0.39, 0.29) is 0 Å². The number of thiophene rings is 1. The monoisotopic (exact) mass is 304 g/mol. The molecule has 1 aromatic carbocycles. The Morgan fingerprint density at radius 3 is 2.55 bits per heavy atom. The number of rotatable bonds is 5. The van der Waals surface area contributed by atoms with Crippen LogP contribution in [-0.2, 0) is 6.54 Å². The number of anilines is 2. The molecule has 3 N–H and O–H groups in total. The lowest BCUT2D eigenvalue weighted by molar-refractivity contribution is 0.886. The summed E-state index contributed by atoms with van der Waals surface area (Å²) in [5.74, 6) is 0. The average Bonchev–Trinajstić information content (AvgIpc) is 3.10. The van der Waals surface area contributed by atoms with Crippen molar-refractivity contribution >= 4 is 34.5 Å². The van der Waals surface area contributed by atoms with E-state index in [9.17, 15) is 0 Å². The van der Waals surface area contributed by atoms with Gasteiger partial charge in [0.2, 0.25) is 0 Å². The Morgan fingerprint density at radius 2 is 1.90 bits per heavy atom. The molecule has 3 rings (SSSR count). The Hall–Kier alpha value is -1.13. The summed E-state index contributed by atoms with van der Waals surface area (Å²) in [6, 6.07) is 10.7. The second-order valence-corrected chi connectivity index (χ2v) is 7.58. The van der Waals surface area contributed by atoms with Crippen molar-refractivity contribution in [1.29, 1.82) is 0 Å². The van der Waals surface area contributed by atoms with Gasteiger partial charge in [0.15, 0.2) is 0 Å². The molecular formula is C16H20N2S2. The molecule has 106 valence electrons. The summed E-state index contributed by atoms with van der Waals surface area (Å²) < 4.78 is 0. The van der Waals surface area contributed by atoms with Gasteiger partial charge < -0.3 is 11.1 Å². The predicted molar refractivity (Wildman–Crippen MR) is 90.6 cm³/mol. The molecule has 0 bridgehead atoms. The maximum absolute atomic E-state index is 5.89.